The van der Waals surface area contributed by atoms with Crippen LogP contribution in [0.4, 0.5) is 11.4 Å². The van der Waals surface area contributed by atoms with E-state index in [1.807, 2.05) is 48.5 Å². The first-order chi connectivity index (χ1) is 16.2. The first-order valence-electron chi connectivity index (χ1n) is 11.7. The van der Waals surface area contributed by atoms with Crippen LogP contribution in [0.5, 0.6) is 5.75 Å². The summed E-state index contributed by atoms with van der Waals surface area (Å²) in [5.41, 5.74) is 4.21. The van der Waals surface area contributed by atoms with E-state index in [2.05, 4.69) is 37.5 Å². The molecule has 0 atom stereocenters. The molecular weight excluding hydrogens is 448 g/mol. The molecule has 0 aliphatic carbocycles. The Bertz CT molecular complexity index is 1130. The second kappa shape index (κ2) is 10.9. The lowest BCUT2D eigenvalue weighted by Crippen LogP contribution is -2.22. The van der Waals surface area contributed by atoms with Gasteiger partial charge in [0.15, 0.2) is 0 Å². The summed E-state index contributed by atoms with van der Waals surface area (Å²) in [6.45, 7) is 11.9. The SMILES string of the molecule is CCN(CC)c1ccc(C(c2ccc(N(CC)CC)cc2)c2cc(O)ccc2S(=O)(=O)O)cc1. The Kier molecular flexibility index (Phi) is 8.23. The molecular formula is C27H34N2O4S. The Balaban J connectivity index is 2.19. The number of anilines is 2. The van der Waals surface area contributed by atoms with Crippen LogP contribution < -0.4 is 9.80 Å². The van der Waals surface area contributed by atoms with Gasteiger partial charge in [0.25, 0.3) is 10.1 Å². The largest absolute Gasteiger partial charge is 0.508 e. The zero-order valence-electron chi connectivity index (χ0n) is 20.3. The van der Waals surface area contributed by atoms with Crippen molar-refractivity contribution in [3.8, 4) is 5.75 Å². The van der Waals surface area contributed by atoms with Gasteiger partial charge in [0, 0.05) is 43.5 Å². The van der Waals surface area contributed by atoms with E-state index in [4.69, 9.17) is 0 Å². The molecule has 0 spiro atoms. The molecule has 0 heterocycles. The fraction of sp³-hybridized carbons (Fsp3) is 0.333. The van der Waals surface area contributed by atoms with Crippen molar-refractivity contribution >= 4 is 21.5 Å². The predicted octanol–water partition coefficient (Wildman–Crippen LogP) is 5.51. The molecule has 2 N–H and O–H groups in total. The Labute approximate surface area is 203 Å². The van der Waals surface area contributed by atoms with Crippen molar-refractivity contribution in [1.82, 2.24) is 0 Å². The van der Waals surface area contributed by atoms with Gasteiger partial charge < -0.3 is 14.9 Å². The molecule has 34 heavy (non-hydrogen) atoms. The molecule has 6 nitrogen and oxygen atoms in total. The van der Waals surface area contributed by atoms with Crippen molar-refractivity contribution in [2.24, 2.45) is 0 Å². The van der Waals surface area contributed by atoms with Crippen LogP contribution in [0.25, 0.3) is 0 Å². The molecule has 0 bridgehead atoms. The third-order valence-electron chi connectivity index (χ3n) is 6.29. The zero-order chi connectivity index (χ0) is 24.9. The maximum atomic E-state index is 12.2. The summed E-state index contributed by atoms with van der Waals surface area (Å²) in [4.78, 5) is 4.25. The van der Waals surface area contributed by atoms with Crippen molar-refractivity contribution in [2.75, 3.05) is 36.0 Å². The number of phenolic OH excluding ortho intramolecular Hbond substituents is 1. The minimum atomic E-state index is -4.50. The van der Waals surface area contributed by atoms with Gasteiger partial charge in [-0.3, -0.25) is 4.55 Å². The molecule has 0 saturated heterocycles. The van der Waals surface area contributed by atoms with Crippen molar-refractivity contribution in [1.29, 1.82) is 0 Å². The third-order valence-corrected chi connectivity index (χ3v) is 7.22. The second-order valence-corrected chi connectivity index (χ2v) is 9.55. The smallest absolute Gasteiger partial charge is 0.294 e. The summed E-state index contributed by atoms with van der Waals surface area (Å²) in [6, 6.07) is 20.0. The molecule has 3 rings (SSSR count). The zero-order valence-corrected chi connectivity index (χ0v) is 21.1. The summed E-state index contributed by atoms with van der Waals surface area (Å²) < 4.78 is 34.4. The van der Waals surface area contributed by atoms with Crippen LogP contribution in [0, 0.1) is 0 Å². The highest BCUT2D eigenvalue weighted by molar-refractivity contribution is 7.85. The molecule has 3 aromatic carbocycles. The van der Waals surface area contributed by atoms with Gasteiger partial charge in [-0.05, 0) is 86.8 Å². The first kappa shape index (κ1) is 25.6. The van der Waals surface area contributed by atoms with Crippen molar-refractivity contribution in [3.63, 3.8) is 0 Å². The minimum absolute atomic E-state index is 0.0630. The van der Waals surface area contributed by atoms with Crippen LogP contribution in [-0.2, 0) is 10.1 Å². The third kappa shape index (κ3) is 5.54. The van der Waals surface area contributed by atoms with Crippen molar-refractivity contribution in [2.45, 2.75) is 38.5 Å². The predicted molar refractivity (Wildman–Crippen MR) is 139 cm³/mol. The highest BCUT2D eigenvalue weighted by atomic mass is 32.2. The highest BCUT2D eigenvalue weighted by Crippen LogP contribution is 2.38. The van der Waals surface area contributed by atoms with E-state index in [-0.39, 0.29) is 10.6 Å². The fourth-order valence-corrected chi connectivity index (χ4v) is 5.20. The van der Waals surface area contributed by atoms with E-state index in [1.54, 1.807) is 0 Å². The van der Waals surface area contributed by atoms with Crippen LogP contribution in [-0.4, -0.2) is 44.3 Å². The van der Waals surface area contributed by atoms with E-state index in [9.17, 15) is 18.1 Å². The topological polar surface area (TPSA) is 81.1 Å². The van der Waals surface area contributed by atoms with Gasteiger partial charge in [-0.15, -0.1) is 0 Å². The van der Waals surface area contributed by atoms with Crippen molar-refractivity contribution in [3.05, 3.63) is 83.4 Å². The highest BCUT2D eigenvalue weighted by Gasteiger charge is 2.26. The van der Waals surface area contributed by atoms with Crippen LogP contribution in [0.1, 0.15) is 50.3 Å². The van der Waals surface area contributed by atoms with E-state index < -0.39 is 16.0 Å². The summed E-state index contributed by atoms with van der Waals surface area (Å²) >= 11 is 0. The fourth-order valence-electron chi connectivity index (χ4n) is 4.48. The van der Waals surface area contributed by atoms with Crippen LogP contribution >= 0.6 is 0 Å². The molecule has 3 aromatic rings. The number of benzene rings is 3. The molecule has 7 heteroatoms. The summed E-state index contributed by atoms with van der Waals surface area (Å²) in [7, 11) is -4.50. The number of aromatic hydroxyl groups is 1. The maximum Gasteiger partial charge on any atom is 0.294 e. The van der Waals surface area contributed by atoms with E-state index in [0.29, 0.717) is 5.56 Å². The number of hydrogen-bond acceptors (Lipinski definition) is 5. The minimum Gasteiger partial charge on any atom is -0.508 e. The average molecular weight is 483 g/mol. The lowest BCUT2D eigenvalue weighted by atomic mass is 9.84. The van der Waals surface area contributed by atoms with Gasteiger partial charge in [0.1, 0.15) is 5.75 Å². The number of rotatable bonds is 10. The lowest BCUT2D eigenvalue weighted by molar-refractivity contribution is 0.470. The van der Waals surface area contributed by atoms with E-state index >= 15 is 0 Å². The molecule has 0 aromatic heterocycles. The first-order valence-corrected chi connectivity index (χ1v) is 13.2. The second-order valence-electron chi connectivity index (χ2n) is 8.16. The van der Waals surface area contributed by atoms with Gasteiger partial charge >= 0.3 is 0 Å². The molecule has 0 amide bonds. The molecule has 0 aliphatic heterocycles. The van der Waals surface area contributed by atoms with Gasteiger partial charge in [-0.25, -0.2) is 0 Å². The molecule has 0 radical (unpaired) electrons. The Hall–Kier alpha value is -3.03. The maximum absolute atomic E-state index is 12.2. The van der Waals surface area contributed by atoms with Crippen LogP contribution in [0.3, 0.4) is 0 Å². The number of nitrogens with zero attached hydrogens (tertiary/aromatic N) is 2. The summed E-state index contributed by atoms with van der Waals surface area (Å²) in [5.74, 6) is -0.563. The monoisotopic (exact) mass is 482 g/mol. The number of phenols is 1. The van der Waals surface area contributed by atoms with Crippen LogP contribution in [0.15, 0.2) is 71.6 Å². The standard InChI is InChI=1S/C27H34N2O4S/c1-5-28(6-2)22-13-9-20(10-14-22)27(21-11-15-23(16-12-21)29(7-3)8-4)25-19-24(30)17-18-26(25)34(31,32)33/h9-19,27,30H,5-8H2,1-4H3,(H,31,32,33). The van der Waals surface area contributed by atoms with E-state index in [1.165, 1.54) is 18.2 Å². The van der Waals surface area contributed by atoms with Gasteiger partial charge in [0.05, 0.1) is 4.90 Å². The molecule has 182 valence electrons. The van der Waals surface area contributed by atoms with Gasteiger partial charge in [-0.2, -0.15) is 8.42 Å². The lowest BCUT2D eigenvalue weighted by Gasteiger charge is -2.25. The normalized spacial score (nSPS) is 11.6. The summed E-state index contributed by atoms with van der Waals surface area (Å²) in [6.07, 6.45) is 0. The Morgan fingerprint density at radius 1 is 0.706 bits per heavy atom. The Morgan fingerprint density at radius 3 is 1.47 bits per heavy atom. The summed E-state index contributed by atoms with van der Waals surface area (Å²) in [5, 5.41) is 10.2. The average Bonchev–Trinajstić information content (AvgIpc) is 2.82. The van der Waals surface area contributed by atoms with Crippen molar-refractivity contribution < 1.29 is 18.1 Å². The van der Waals surface area contributed by atoms with Gasteiger partial charge in [-0.1, -0.05) is 24.3 Å². The van der Waals surface area contributed by atoms with Crippen LogP contribution in [0.2, 0.25) is 0 Å². The molecule has 0 unspecified atom stereocenters. The quantitative estimate of drug-likeness (QED) is 0.293. The molecule has 0 aliphatic rings. The molecule has 0 saturated carbocycles. The van der Waals surface area contributed by atoms with Gasteiger partial charge in [0.2, 0.25) is 0 Å². The molecule has 0 fully saturated rings. The Morgan fingerprint density at radius 2 is 1.12 bits per heavy atom. The number of hydrogen-bond donors (Lipinski definition) is 2. The van der Waals surface area contributed by atoms with E-state index in [0.717, 1.165) is 48.7 Å².